The number of carbonyl (C=O) groups is 1. The Hall–Kier alpha value is -0.490. The number of alkyl carbamates (subject to hydrolysis) is 1. The van der Waals surface area contributed by atoms with E-state index in [0.717, 1.165) is 12.0 Å². The summed E-state index contributed by atoms with van der Waals surface area (Å²) in [6.45, 7) is 7.58. The molecular formula is C14H20Cl2N2O2S. The molecule has 1 aromatic heterocycles. The van der Waals surface area contributed by atoms with Crippen molar-refractivity contribution in [1.29, 1.82) is 0 Å². The number of carbonyl (C=O) groups excluding carboxylic acids is 1. The lowest BCUT2D eigenvalue weighted by molar-refractivity contribution is 0.0522. The van der Waals surface area contributed by atoms with Crippen molar-refractivity contribution < 1.29 is 9.53 Å². The van der Waals surface area contributed by atoms with E-state index in [4.69, 9.17) is 27.9 Å². The monoisotopic (exact) mass is 350 g/mol. The summed E-state index contributed by atoms with van der Waals surface area (Å²) in [5.41, 5.74) is 0.519. The third-order valence-electron chi connectivity index (χ3n) is 3.11. The van der Waals surface area contributed by atoms with Crippen LogP contribution in [0.5, 0.6) is 0 Å². The highest BCUT2D eigenvalue weighted by Crippen LogP contribution is 2.36. The molecule has 2 rings (SSSR count). The molecule has 0 aromatic carbocycles. The highest BCUT2D eigenvalue weighted by molar-refractivity contribution is 7.20. The number of hydrogen-bond donors (Lipinski definition) is 2. The molecule has 1 fully saturated rings. The summed E-state index contributed by atoms with van der Waals surface area (Å²) < 4.78 is 6.62. The Kier molecular flexibility index (Phi) is 5.08. The zero-order valence-electron chi connectivity index (χ0n) is 12.5. The Morgan fingerprint density at radius 3 is 2.62 bits per heavy atom. The molecule has 0 aliphatic heterocycles. The van der Waals surface area contributed by atoms with Crippen molar-refractivity contribution in [1.82, 2.24) is 10.6 Å². The van der Waals surface area contributed by atoms with E-state index < -0.39 is 5.60 Å². The van der Waals surface area contributed by atoms with E-state index in [-0.39, 0.29) is 24.2 Å². The summed E-state index contributed by atoms with van der Waals surface area (Å²) in [5, 5.41) is 6.29. The van der Waals surface area contributed by atoms with Gasteiger partial charge in [0.05, 0.1) is 8.67 Å². The van der Waals surface area contributed by atoms with Crippen LogP contribution in [-0.4, -0.2) is 23.8 Å². The van der Waals surface area contributed by atoms with Crippen LogP contribution in [0.25, 0.3) is 0 Å². The summed E-state index contributed by atoms with van der Waals surface area (Å²) in [4.78, 5) is 11.7. The van der Waals surface area contributed by atoms with Crippen molar-refractivity contribution in [3.05, 3.63) is 20.3 Å². The van der Waals surface area contributed by atoms with Crippen LogP contribution in [0.4, 0.5) is 4.79 Å². The lowest BCUT2D eigenvalue weighted by atomic mass is 10.2. The van der Waals surface area contributed by atoms with Gasteiger partial charge in [-0.1, -0.05) is 23.2 Å². The van der Waals surface area contributed by atoms with Gasteiger partial charge in [-0.15, -0.1) is 11.3 Å². The minimum atomic E-state index is -0.476. The number of thiophene rings is 1. The third kappa shape index (κ3) is 5.02. The highest BCUT2D eigenvalue weighted by atomic mass is 35.5. The van der Waals surface area contributed by atoms with Crippen molar-refractivity contribution >= 4 is 40.6 Å². The third-order valence-corrected chi connectivity index (χ3v) is 4.62. The Morgan fingerprint density at radius 2 is 2.10 bits per heavy atom. The van der Waals surface area contributed by atoms with Crippen LogP contribution in [-0.2, 0) is 4.74 Å². The molecule has 1 aromatic rings. The van der Waals surface area contributed by atoms with Crippen LogP contribution in [0.3, 0.4) is 0 Å². The Morgan fingerprint density at radius 1 is 1.43 bits per heavy atom. The molecule has 7 heteroatoms. The van der Waals surface area contributed by atoms with Crippen LogP contribution in [0.15, 0.2) is 6.07 Å². The minimum absolute atomic E-state index is 0.0942. The van der Waals surface area contributed by atoms with Gasteiger partial charge in [0.1, 0.15) is 5.60 Å². The number of halogens is 2. The molecule has 3 atom stereocenters. The summed E-state index contributed by atoms with van der Waals surface area (Å²) in [7, 11) is 0. The first kappa shape index (κ1) is 16.9. The van der Waals surface area contributed by atoms with E-state index in [0.29, 0.717) is 8.67 Å². The Labute approximate surface area is 139 Å². The van der Waals surface area contributed by atoms with E-state index in [2.05, 4.69) is 10.6 Å². The molecule has 1 amide bonds. The largest absolute Gasteiger partial charge is 0.444 e. The molecule has 0 bridgehead atoms. The van der Waals surface area contributed by atoms with Crippen LogP contribution in [0, 0.1) is 0 Å². The summed E-state index contributed by atoms with van der Waals surface area (Å²) in [6.07, 6.45) is 0.514. The number of amides is 1. The zero-order valence-corrected chi connectivity index (χ0v) is 14.8. The summed E-state index contributed by atoms with van der Waals surface area (Å²) in [6, 6.07) is 2.32. The van der Waals surface area contributed by atoms with Gasteiger partial charge in [-0.25, -0.2) is 4.79 Å². The molecule has 1 heterocycles. The first-order valence-corrected chi connectivity index (χ1v) is 8.43. The second-order valence-corrected chi connectivity index (χ2v) is 8.55. The average molecular weight is 351 g/mol. The lowest BCUT2D eigenvalue weighted by Crippen LogP contribution is -2.37. The van der Waals surface area contributed by atoms with E-state index in [9.17, 15) is 4.79 Å². The van der Waals surface area contributed by atoms with Crippen molar-refractivity contribution in [2.24, 2.45) is 0 Å². The maximum absolute atomic E-state index is 11.7. The van der Waals surface area contributed by atoms with Gasteiger partial charge in [0.25, 0.3) is 0 Å². The van der Waals surface area contributed by atoms with Crippen LogP contribution in [0.1, 0.15) is 45.7 Å². The summed E-state index contributed by atoms with van der Waals surface area (Å²) >= 11 is 13.5. The molecule has 0 radical (unpaired) electrons. The van der Waals surface area contributed by atoms with Crippen molar-refractivity contribution in [2.75, 3.05) is 0 Å². The van der Waals surface area contributed by atoms with Gasteiger partial charge >= 0.3 is 6.09 Å². The molecular weight excluding hydrogens is 331 g/mol. The van der Waals surface area contributed by atoms with Gasteiger partial charge in [0, 0.05) is 18.1 Å². The molecule has 21 heavy (non-hydrogen) atoms. The maximum atomic E-state index is 11.7. The summed E-state index contributed by atoms with van der Waals surface area (Å²) in [5.74, 6) is 0. The smallest absolute Gasteiger partial charge is 0.407 e. The fourth-order valence-corrected chi connectivity index (χ4v) is 3.70. The molecule has 0 saturated heterocycles. The van der Waals surface area contributed by atoms with Crippen molar-refractivity contribution in [3.63, 3.8) is 0 Å². The number of ether oxygens (including phenoxy) is 1. The topological polar surface area (TPSA) is 50.4 Å². The van der Waals surface area contributed by atoms with Gasteiger partial charge in [-0.3, -0.25) is 0 Å². The first-order valence-electron chi connectivity index (χ1n) is 6.86. The molecule has 1 aliphatic rings. The van der Waals surface area contributed by atoms with Gasteiger partial charge in [0.2, 0.25) is 0 Å². The zero-order chi connectivity index (χ0) is 15.8. The maximum Gasteiger partial charge on any atom is 0.407 e. The Balaban J connectivity index is 1.79. The second kappa shape index (κ2) is 6.32. The van der Waals surface area contributed by atoms with Gasteiger partial charge in [-0.05, 0) is 45.7 Å². The van der Waals surface area contributed by atoms with E-state index in [1.54, 1.807) is 0 Å². The lowest BCUT2D eigenvalue weighted by Gasteiger charge is -2.20. The average Bonchev–Trinajstić information content (AvgIpc) is 2.90. The molecule has 2 N–H and O–H groups in total. The van der Waals surface area contributed by atoms with Crippen LogP contribution >= 0.6 is 34.5 Å². The molecule has 118 valence electrons. The van der Waals surface area contributed by atoms with E-state index in [1.165, 1.54) is 11.3 Å². The minimum Gasteiger partial charge on any atom is -0.444 e. The predicted octanol–water partition coefficient (Wildman–Crippen LogP) is 4.37. The fourth-order valence-electron chi connectivity index (χ4n) is 2.06. The van der Waals surface area contributed by atoms with Crippen molar-refractivity contribution in [3.8, 4) is 0 Å². The predicted molar refractivity (Wildman–Crippen MR) is 87.5 cm³/mol. The number of rotatable bonds is 4. The van der Waals surface area contributed by atoms with E-state index in [1.807, 2.05) is 33.8 Å². The Bertz CT molecular complexity index is 528. The number of nitrogens with one attached hydrogen (secondary N) is 2. The van der Waals surface area contributed by atoms with E-state index >= 15 is 0 Å². The molecule has 1 aliphatic carbocycles. The van der Waals surface area contributed by atoms with Crippen LogP contribution < -0.4 is 10.6 Å². The fraction of sp³-hybridized carbons (Fsp3) is 0.643. The molecule has 0 spiro atoms. The number of hydrogen-bond acceptors (Lipinski definition) is 4. The van der Waals surface area contributed by atoms with Crippen LogP contribution in [0.2, 0.25) is 8.67 Å². The van der Waals surface area contributed by atoms with Crippen molar-refractivity contribution in [2.45, 2.75) is 57.8 Å². The molecule has 1 saturated carbocycles. The normalized spacial score (nSPS) is 22.8. The van der Waals surface area contributed by atoms with Gasteiger partial charge < -0.3 is 15.4 Å². The van der Waals surface area contributed by atoms with Gasteiger partial charge in [-0.2, -0.15) is 0 Å². The molecule has 4 nitrogen and oxygen atoms in total. The quantitative estimate of drug-likeness (QED) is 0.847. The highest BCUT2D eigenvalue weighted by Gasteiger charge is 2.40. The SMILES string of the molecule is CC(NC1CC1NC(=O)OC(C)(C)C)c1cc(Cl)sc1Cl. The molecule has 3 unspecified atom stereocenters. The second-order valence-electron chi connectivity index (χ2n) is 6.26. The first-order chi connectivity index (χ1) is 9.65. The standard InChI is InChI=1S/C14H20Cl2N2O2S/c1-7(8-5-11(15)21-12(8)16)17-9-6-10(9)18-13(19)20-14(2,3)4/h5,7,9-10,17H,6H2,1-4H3,(H,18,19). The van der Waals surface area contributed by atoms with Gasteiger partial charge in [0.15, 0.2) is 0 Å².